The monoisotopic (exact) mass is 368 g/mol. The van der Waals surface area contributed by atoms with Crippen LogP contribution in [0.2, 0.25) is 0 Å². The molecule has 142 valence electrons. The molecule has 1 heteroatoms. The van der Waals surface area contributed by atoms with Crippen LogP contribution in [-0.4, -0.2) is 0 Å². The van der Waals surface area contributed by atoms with E-state index in [0.29, 0.717) is 0 Å². The minimum Gasteiger partial charge on any atom is -0.482 e. The van der Waals surface area contributed by atoms with Gasteiger partial charge in [-0.25, -0.2) is 0 Å². The SMILES string of the molecule is CCCCc1ccc2c(c1)C(c1ccccc1)=C(c1ccccc1)OC2(C)C. The van der Waals surface area contributed by atoms with Crippen molar-refractivity contribution < 1.29 is 4.74 Å². The zero-order valence-electron chi connectivity index (χ0n) is 17.0. The first-order chi connectivity index (χ1) is 13.6. The molecule has 0 aromatic heterocycles. The lowest BCUT2D eigenvalue weighted by Crippen LogP contribution is -2.27. The molecule has 0 radical (unpaired) electrons. The Labute approximate surface area is 168 Å². The van der Waals surface area contributed by atoms with E-state index in [1.807, 2.05) is 0 Å². The van der Waals surface area contributed by atoms with Gasteiger partial charge in [0.15, 0.2) is 0 Å². The third kappa shape index (κ3) is 3.49. The van der Waals surface area contributed by atoms with Crippen molar-refractivity contribution in [3.05, 3.63) is 107 Å². The van der Waals surface area contributed by atoms with Crippen LogP contribution in [0.5, 0.6) is 0 Å². The van der Waals surface area contributed by atoms with Crippen molar-refractivity contribution in [2.75, 3.05) is 0 Å². The Kier molecular flexibility index (Phi) is 5.09. The maximum absolute atomic E-state index is 6.65. The number of fused-ring (bicyclic) bond motifs is 1. The molecule has 1 nitrogen and oxygen atoms in total. The highest BCUT2D eigenvalue weighted by Crippen LogP contribution is 2.46. The summed E-state index contributed by atoms with van der Waals surface area (Å²) in [6.07, 6.45) is 3.55. The van der Waals surface area contributed by atoms with Crippen molar-refractivity contribution in [3.8, 4) is 0 Å². The van der Waals surface area contributed by atoms with Crippen LogP contribution in [0.1, 0.15) is 61.4 Å². The van der Waals surface area contributed by atoms with Gasteiger partial charge in [0.05, 0.1) is 0 Å². The highest BCUT2D eigenvalue weighted by atomic mass is 16.5. The Hall–Kier alpha value is -2.80. The molecular formula is C27H28O. The second-order valence-electron chi connectivity index (χ2n) is 8.03. The van der Waals surface area contributed by atoms with Gasteiger partial charge in [0, 0.05) is 16.7 Å². The number of benzene rings is 3. The Morgan fingerprint density at radius 2 is 1.43 bits per heavy atom. The van der Waals surface area contributed by atoms with Crippen LogP contribution in [0, 0.1) is 0 Å². The molecule has 1 aliphatic rings. The topological polar surface area (TPSA) is 9.23 Å². The van der Waals surface area contributed by atoms with E-state index in [2.05, 4.69) is 99.6 Å². The fourth-order valence-electron chi connectivity index (χ4n) is 4.03. The Morgan fingerprint density at radius 1 is 0.786 bits per heavy atom. The van der Waals surface area contributed by atoms with E-state index in [1.54, 1.807) is 0 Å². The summed E-state index contributed by atoms with van der Waals surface area (Å²) in [7, 11) is 0. The third-order valence-corrected chi connectivity index (χ3v) is 5.50. The summed E-state index contributed by atoms with van der Waals surface area (Å²) in [5.41, 5.74) is 7.10. The van der Waals surface area contributed by atoms with E-state index in [4.69, 9.17) is 4.74 Å². The van der Waals surface area contributed by atoms with Crippen LogP contribution < -0.4 is 0 Å². The number of hydrogen-bond acceptors (Lipinski definition) is 1. The van der Waals surface area contributed by atoms with Crippen LogP contribution in [0.3, 0.4) is 0 Å². The van der Waals surface area contributed by atoms with Crippen LogP contribution in [0.4, 0.5) is 0 Å². The maximum atomic E-state index is 6.65. The summed E-state index contributed by atoms with van der Waals surface area (Å²) in [4.78, 5) is 0. The molecule has 0 fully saturated rings. The van der Waals surface area contributed by atoms with Crippen molar-refractivity contribution in [1.82, 2.24) is 0 Å². The van der Waals surface area contributed by atoms with Gasteiger partial charge >= 0.3 is 0 Å². The predicted octanol–water partition coefficient (Wildman–Crippen LogP) is 7.21. The van der Waals surface area contributed by atoms with Gasteiger partial charge in [-0.2, -0.15) is 0 Å². The van der Waals surface area contributed by atoms with E-state index in [0.717, 1.165) is 17.7 Å². The molecule has 0 N–H and O–H groups in total. The highest BCUT2D eigenvalue weighted by Gasteiger charge is 2.35. The van der Waals surface area contributed by atoms with Gasteiger partial charge in [-0.15, -0.1) is 0 Å². The standard InChI is InChI=1S/C27H28O/c1-4-5-12-20-17-18-24-23(19-20)25(21-13-8-6-9-14-21)26(28-27(24,2)3)22-15-10-7-11-16-22/h6-11,13-19H,4-5,12H2,1-3H3. The number of unbranched alkanes of at least 4 members (excludes halogenated alkanes) is 1. The van der Waals surface area contributed by atoms with Gasteiger partial charge < -0.3 is 4.74 Å². The molecule has 3 aromatic carbocycles. The zero-order valence-corrected chi connectivity index (χ0v) is 17.0. The summed E-state index contributed by atoms with van der Waals surface area (Å²) < 4.78 is 6.65. The minimum absolute atomic E-state index is 0.373. The fraction of sp³-hybridized carbons (Fsp3) is 0.259. The second-order valence-corrected chi connectivity index (χ2v) is 8.03. The second kappa shape index (κ2) is 7.67. The van der Waals surface area contributed by atoms with Crippen molar-refractivity contribution in [2.24, 2.45) is 0 Å². The van der Waals surface area contributed by atoms with Gasteiger partial charge in [-0.3, -0.25) is 0 Å². The summed E-state index contributed by atoms with van der Waals surface area (Å²) in [6.45, 7) is 6.59. The first-order valence-electron chi connectivity index (χ1n) is 10.3. The first-order valence-corrected chi connectivity index (χ1v) is 10.3. The summed E-state index contributed by atoms with van der Waals surface area (Å²) in [5.74, 6) is 0.969. The van der Waals surface area contributed by atoms with Crippen LogP contribution in [0.15, 0.2) is 78.9 Å². The van der Waals surface area contributed by atoms with E-state index in [-0.39, 0.29) is 5.60 Å². The molecule has 0 unspecified atom stereocenters. The summed E-state index contributed by atoms with van der Waals surface area (Å²) >= 11 is 0. The van der Waals surface area contributed by atoms with Crippen molar-refractivity contribution in [3.63, 3.8) is 0 Å². The van der Waals surface area contributed by atoms with Crippen molar-refractivity contribution in [2.45, 2.75) is 45.6 Å². The molecule has 1 heterocycles. The van der Waals surface area contributed by atoms with Crippen LogP contribution >= 0.6 is 0 Å². The van der Waals surface area contributed by atoms with Crippen LogP contribution in [-0.2, 0) is 16.8 Å². The maximum Gasteiger partial charge on any atom is 0.136 e. The van der Waals surface area contributed by atoms with Gasteiger partial charge in [0.1, 0.15) is 11.4 Å². The predicted molar refractivity (Wildman–Crippen MR) is 118 cm³/mol. The lowest BCUT2D eigenvalue weighted by Gasteiger charge is -2.37. The van der Waals surface area contributed by atoms with E-state index >= 15 is 0 Å². The molecule has 4 rings (SSSR count). The third-order valence-electron chi connectivity index (χ3n) is 5.50. The molecule has 0 aliphatic carbocycles. The molecule has 0 saturated heterocycles. The summed E-state index contributed by atoms with van der Waals surface area (Å²) in [6, 6.07) is 28.1. The highest BCUT2D eigenvalue weighted by molar-refractivity contribution is 5.98. The molecule has 0 saturated carbocycles. The Balaban J connectivity index is 1.98. The van der Waals surface area contributed by atoms with Gasteiger partial charge in [0.2, 0.25) is 0 Å². The number of aryl methyl sites for hydroxylation is 1. The molecule has 3 aromatic rings. The smallest absolute Gasteiger partial charge is 0.136 e. The summed E-state index contributed by atoms with van der Waals surface area (Å²) in [5, 5.41) is 0. The van der Waals surface area contributed by atoms with E-state index in [1.165, 1.54) is 40.7 Å². The van der Waals surface area contributed by atoms with Gasteiger partial charge in [-0.1, -0.05) is 92.2 Å². The number of hydrogen-bond donors (Lipinski definition) is 0. The molecule has 0 amide bonds. The lowest BCUT2D eigenvalue weighted by atomic mass is 9.81. The average Bonchev–Trinajstić information content (AvgIpc) is 2.73. The molecule has 0 bridgehead atoms. The van der Waals surface area contributed by atoms with Gasteiger partial charge in [0.25, 0.3) is 0 Å². The van der Waals surface area contributed by atoms with Crippen molar-refractivity contribution in [1.29, 1.82) is 0 Å². The number of rotatable bonds is 5. The quantitative estimate of drug-likeness (QED) is 0.462. The zero-order chi connectivity index (χ0) is 19.6. The minimum atomic E-state index is -0.373. The molecule has 28 heavy (non-hydrogen) atoms. The van der Waals surface area contributed by atoms with Crippen LogP contribution in [0.25, 0.3) is 11.3 Å². The van der Waals surface area contributed by atoms with E-state index < -0.39 is 0 Å². The average molecular weight is 369 g/mol. The largest absolute Gasteiger partial charge is 0.482 e. The molecular weight excluding hydrogens is 340 g/mol. The lowest BCUT2D eigenvalue weighted by molar-refractivity contribution is 0.0721. The Morgan fingerprint density at radius 3 is 2.07 bits per heavy atom. The molecule has 1 aliphatic heterocycles. The molecule has 0 atom stereocenters. The fourth-order valence-corrected chi connectivity index (χ4v) is 4.03. The Bertz CT molecular complexity index is 981. The van der Waals surface area contributed by atoms with Crippen molar-refractivity contribution >= 4 is 11.3 Å². The number of ether oxygens (including phenoxy) is 1. The van der Waals surface area contributed by atoms with Gasteiger partial charge in [-0.05, 0) is 43.4 Å². The normalized spacial score (nSPS) is 15.1. The van der Waals surface area contributed by atoms with E-state index in [9.17, 15) is 0 Å². The molecule has 0 spiro atoms. The first kappa shape index (κ1) is 18.6.